The smallest absolute Gasteiger partial charge is 0.407 e. The van der Waals surface area contributed by atoms with Crippen LogP contribution in [0.5, 0.6) is 0 Å². The molecule has 27 heavy (non-hydrogen) atoms. The maximum atomic E-state index is 11.5. The lowest BCUT2D eigenvalue weighted by molar-refractivity contribution is 0.162. The number of ether oxygens (including phenoxy) is 1. The van der Waals surface area contributed by atoms with Gasteiger partial charge >= 0.3 is 6.09 Å². The molecule has 3 N–H and O–H groups in total. The van der Waals surface area contributed by atoms with Crippen LogP contribution in [0.2, 0.25) is 0 Å². The lowest BCUT2D eigenvalue weighted by atomic mass is 10.0. The zero-order chi connectivity index (χ0) is 19.4. The topological polar surface area (TPSA) is 79.0 Å². The van der Waals surface area contributed by atoms with Crippen molar-refractivity contribution in [1.82, 2.24) is 20.6 Å². The van der Waals surface area contributed by atoms with E-state index in [0.717, 1.165) is 47.4 Å². The first-order valence-electron chi connectivity index (χ1n) is 9.34. The number of halogens is 1. The standard InChI is InChI=1S/C20H27BrN4O2/c1-13(2)16(25-19(26)27-3)8-11-23-20(9-10-20)18-22-12-17(24-18)14-4-6-15(21)7-5-14/h4-7,12-13,16,23H,8-11H2,1-3H3,(H,22,24)(H,25,26). The van der Waals surface area contributed by atoms with E-state index in [9.17, 15) is 4.79 Å². The van der Waals surface area contributed by atoms with Crippen molar-refractivity contribution in [1.29, 1.82) is 0 Å². The minimum atomic E-state index is -0.375. The summed E-state index contributed by atoms with van der Waals surface area (Å²) in [7, 11) is 1.39. The number of carbonyl (C=O) groups excluding carboxylic acids is 1. The highest BCUT2D eigenvalue weighted by Gasteiger charge is 2.46. The second-order valence-corrected chi connectivity index (χ2v) is 8.35. The van der Waals surface area contributed by atoms with Crippen molar-refractivity contribution in [2.75, 3.05) is 13.7 Å². The van der Waals surface area contributed by atoms with Gasteiger partial charge in [0.2, 0.25) is 0 Å². The molecule has 1 aromatic heterocycles. The van der Waals surface area contributed by atoms with Crippen molar-refractivity contribution in [2.45, 2.75) is 44.7 Å². The summed E-state index contributed by atoms with van der Waals surface area (Å²) in [5.41, 5.74) is 2.08. The highest BCUT2D eigenvalue weighted by Crippen LogP contribution is 2.44. The number of aromatic nitrogens is 2. The minimum Gasteiger partial charge on any atom is -0.453 e. The Labute approximate surface area is 168 Å². The Balaban J connectivity index is 1.59. The Morgan fingerprint density at radius 3 is 2.63 bits per heavy atom. The van der Waals surface area contributed by atoms with Gasteiger partial charge in [-0.2, -0.15) is 0 Å². The molecule has 1 heterocycles. The normalized spacial score (nSPS) is 16.2. The molecule has 0 spiro atoms. The molecule has 3 rings (SSSR count). The lowest BCUT2D eigenvalue weighted by Gasteiger charge is -2.23. The van der Waals surface area contributed by atoms with Gasteiger partial charge in [-0.25, -0.2) is 9.78 Å². The van der Waals surface area contributed by atoms with E-state index in [1.165, 1.54) is 7.11 Å². The number of amides is 1. The van der Waals surface area contributed by atoms with Crippen LogP contribution >= 0.6 is 15.9 Å². The fraction of sp³-hybridized carbons (Fsp3) is 0.500. The molecule has 7 heteroatoms. The highest BCUT2D eigenvalue weighted by atomic mass is 79.9. The minimum absolute atomic E-state index is 0.0690. The monoisotopic (exact) mass is 434 g/mol. The molecule has 6 nitrogen and oxygen atoms in total. The predicted octanol–water partition coefficient (Wildman–Crippen LogP) is 4.19. The number of hydrogen-bond donors (Lipinski definition) is 3. The number of nitrogens with zero attached hydrogens (tertiary/aromatic N) is 1. The van der Waals surface area contributed by atoms with Crippen molar-refractivity contribution in [3.63, 3.8) is 0 Å². The molecule has 0 radical (unpaired) electrons. The molecule has 0 aliphatic heterocycles. The Morgan fingerprint density at radius 1 is 1.33 bits per heavy atom. The molecule has 0 bridgehead atoms. The van der Waals surface area contributed by atoms with Crippen LogP contribution in [0.4, 0.5) is 4.79 Å². The van der Waals surface area contributed by atoms with E-state index in [4.69, 9.17) is 4.74 Å². The molecule has 1 aliphatic carbocycles. The van der Waals surface area contributed by atoms with Crippen molar-refractivity contribution < 1.29 is 9.53 Å². The van der Waals surface area contributed by atoms with Crippen LogP contribution in [0.15, 0.2) is 34.9 Å². The van der Waals surface area contributed by atoms with Crippen LogP contribution in [0.25, 0.3) is 11.3 Å². The molecule has 1 fully saturated rings. The maximum Gasteiger partial charge on any atom is 0.407 e. The van der Waals surface area contributed by atoms with E-state index in [1.54, 1.807) is 0 Å². The third-order valence-electron chi connectivity index (χ3n) is 5.15. The number of alkyl carbamates (subject to hydrolysis) is 1. The van der Waals surface area contributed by atoms with Crippen LogP contribution < -0.4 is 10.6 Å². The number of methoxy groups -OCH3 is 1. The van der Waals surface area contributed by atoms with Gasteiger partial charge in [0, 0.05) is 10.5 Å². The SMILES string of the molecule is COC(=O)NC(CCNC1(c2ncc(-c3ccc(Br)cc3)[nH]2)CC1)C(C)C. The summed E-state index contributed by atoms with van der Waals surface area (Å²) < 4.78 is 5.79. The summed E-state index contributed by atoms with van der Waals surface area (Å²) in [6.07, 6.45) is 4.50. The second kappa shape index (κ2) is 8.44. The third-order valence-corrected chi connectivity index (χ3v) is 5.68. The van der Waals surface area contributed by atoms with Gasteiger partial charge < -0.3 is 20.4 Å². The quantitative estimate of drug-likeness (QED) is 0.581. The fourth-order valence-electron chi connectivity index (χ4n) is 3.21. The molecule has 1 amide bonds. The van der Waals surface area contributed by atoms with Gasteiger partial charge in [-0.3, -0.25) is 0 Å². The van der Waals surface area contributed by atoms with Crippen LogP contribution in [-0.4, -0.2) is 35.8 Å². The van der Waals surface area contributed by atoms with E-state index in [0.29, 0.717) is 5.92 Å². The fourth-order valence-corrected chi connectivity index (χ4v) is 3.48. The maximum absolute atomic E-state index is 11.5. The van der Waals surface area contributed by atoms with E-state index in [2.05, 4.69) is 62.5 Å². The number of benzene rings is 1. The second-order valence-electron chi connectivity index (χ2n) is 7.44. The number of hydrogen-bond acceptors (Lipinski definition) is 4. The molecule has 1 aromatic carbocycles. The Morgan fingerprint density at radius 2 is 2.04 bits per heavy atom. The largest absolute Gasteiger partial charge is 0.453 e. The molecule has 1 unspecified atom stereocenters. The molecule has 146 valence electrons. The summed E-state index contributed by atoms with van der Waals surface area (Å²) in [4.78, 5) is 19.6. The predicted molar refractivity (Wildman–Crippen MR) is 109 cm³/mol. The van der Waals surface area contributed by atoms with E-state index < -0.39 is 0 Å². The zero-order valence-electron chi connectivity index (χ0n) is 16.0. The number of imidazole rings is 1. The number of aromatic amines is 1. The van der Waals surface area contributed by atoms with Crippen LogP contribution in [0.1, 0.15) is 38.9 Å². The number of nitrogens with one attached hydrogen (secondary N) is 3. The molecular weight excluding hydrogens is 408 g/mol. The first-order chi connectivity index (χ1) is 12.9. The number of H-pyrrole nitrogens is 1. The summed E-state index contributed by atoms with van der Waals surface area (Å²) >= 11 is 3.46. The molecule has 1 atom stereocenters. The van der Waals surface area contributed by atoms with Gasteiger partial charge in [-0.1, -0.05) is 41.9 Å². The first-order valence-corrected chi connectivity index (χ1v) is 10.1. The zero-order valence-corrected chi connectivity index (χ0v) is 17.6. The molecular formula is C20H27BrN4O2. The molecule has 1 aliphatic rings. The summed E-state index contributed by atoms with van der Waals surface area (Å²) in [5, 5.41) is 6.56. The molecule has 2 aromatic rings. The Kier molecular flexibility index (Phi) is 6.22. The van der Waals surface area contributed by atoms with Crippen LogP contribution in [0, 0.1) is 5.92 Å². The first kappa shape index (κ1) is 19.9. The van der Waals surface area contributed by atoms with Gasteiger partial charge in [0.05, 0.1) is 24.5 Å². The van der Waals surface area contributed by atoms with Gasteiger partial charge in [0.15, 0.2) is 0 Å². The molecule has 1 saturated carbocycles. The van der Waals surface area contributed by atoms with Crippen molar-refractivity contribution in [2.24, 2.45) is 5.92 Å². The highest BCUT2D eigenvalue weighted by molar-refractivity contribution is 9.10. The summed E-state index contributed by atoms with van der Waals surface area (Å²) in [6, 6.07) is 8.28. The number of carbonyl (C=O) groups is 1. The van der Waals surface area contributed by atoms with Crippen LogP contribution in [-0.2, 0) is 10.3 Å². The molecule has 0 saturated heterocycles. The van der Waals surface area contributed by atoms with E-state index in [-0.39, 0.29) is 17.7 Å². The Hall–Kier alpha value is -1.86. The van der Waals surface area contributed by atoms with E-state index in [1.807, 2.05) is 18.3 Å². The Bertz CT molecular complexity index is 769. The van der Waals surface area contributed by atoms with Gasteiger partial charge in [0.25, 0.3) is 0 Å². The van der Waals surface area contributed by atoms with Gasteiger partial charge in [0.1, 0.15) is 5.82 Å². The van der Waals surface area contributed by atoms with Crippen LogP contribution in [0.3, 0.4) is 0 Å². The van der Waals surface area contributed by atoms with E-state index >= 15 is 0 Å². The van der Waals surface area contributed by atoms with Gasteiger partial charge in [-0.05, 0) is 49.4 Å². The van der Waals surface area contributed by atoms with Crippen molar-refractivity contribution in [3.05, 3.63) is 40.8 Å². The summed E-state index contributed by atoms with van der Waals surface area (Å²) in [5.74, 6) is 1.33. The van der Waals surface area contributed by atoms with Crippen molar-refractivity contribution >= 4 is 22.0 Å². The third kappa shape index (κ3) is 4.90. The number of rotatable bonds is 8. The average molecular weight is 435 g/mol. The summed E-state index contributed by atoms with van der Waals surface area (Å²) in [6.45, 7) is 5.01. The van der Waals surface area contributed by atoms with Gasteiger partial charge in [-0.15, -0.1) is 0 Å². The lowest BCUT2D eigenvalue weighted by Crippen LogP contribution is -2.42. The average Bonchev–Trinajstić information content (AvgIpc) is 3.27. The van der Waals surface area contributed by atoms with Crippen molar-refractivity contribution in [3.8, 4) is 11.3 Å².